The van der Waals surface area contributed by atoms with Crippen LogP contribution in [0.3, 0.4) is 0 Å². The predicted molar refractivity (Wildman–Crippen MR) is 161 cm³/mol. The number of aryl methyl sites for hydroxylation is 2. The molecule has 6 aromatic rings. The third-order valence-electron chi connectivity index (χ3n) is 6.64. The molecule has 0 spiro atoms. The highest BCUT2D eigenvalue weighted by atomic mass is 16.6. The molecule has 3 heterocycles. The fraction of sp³-hybridized carbons (Fsp3) is 0.0741. The topological polar surface area (TPSA) is 238 Å². The number of aromatic nitrogens is 4. The van der Waals surface area contributed by atoms with Crippen LogP contribution in [0.2, 0.25) is 0 Å². The van der Waals surface area contributed by atoms with Gasteiger partial charge in [0.15, 0.2) is 28.3 Å². The van der Waals surface area contributed by atoms with Crippen molar-refractivity contribution in [2.75, 3.05) is 5.43 Å². The van der Waals surface area contributed by atoms with Gasteiger partial charge in [-0.25, -0.2) is 19.0 Å². The molecular weight excluding hydrogens is 602 g/mol. The second-order valence-corrected chi connectivity index (χ2v) is 9.64. The molecule has 0 aliphatic carbocycles. The van der Waals surface area contributed by atoms with Crippen LogP contribution in [0.15, 0.2) is 98.4 Å². The quantitative estimate of drug-likeness (QED) is 0.105. The van der Waals surface area contributed by atoms with E-state index in [0.717, 1.165) is 0 Å². The zero-order chi connectivity index (χ0) is 32.5. The first kappa shape index (κ1) is 29.0. The third kappa shape index (κ3) is 5.41. The van der Waals surface area contributed by atoms with E-state index < -0.39 is 14.8 Å². The van der Waals surface area contributed by atoms with E-state index in [1.165, 1.54) is 72.8 Å². The standard InChI is InChI=1S/C27H19N13O6/c1-15-24(34-31-18-5-11-21(12-6-18)39(43)44)36-26(28-15)23(33-30-17-3-9-20(10-4-17)38(41)42)27-29-16(2)25(37(27)36)35-32-19-7-13-22(14-8-19)40(45)46/h3-14,30H,1-2H3. The van der Waals surface area contributed by atoms with Crippen molar-refractivity contribution in [2.45, 2.75) is 13.8 Å². The number of hydrogen-bond acceptors (Lipinski definition) is 14. The number of imidazole rings is 2. The molecule has 3 aromatic heterocycles. The second kappa shape index (κ2) is 11.6. The van der Waals surface area contributed by atoms with Gasteiger partial charge in [0.1, 0.15) is 0 Å². The Bertz CT molecular complexity index is 2150. The molecule has 19 nitrogen and oxygen atoms in total. The minimum atomic E-state index is -0.518. The molecule has 1 N–H and O–H groups in total. The zero-order valence-corrected chi connectivity index (χ0v) is 23.7. The monoisotopic (exact) mass is 621 g/mol. The van der Waals surface area contributed by atoms with Crippen molar-refractivity contribution in [1.29, 1.82) is 0 Å². The predicted octanol–water partition coefficient (Wildman–Crippen LogP) is 6.52. The van der Waals surface area contributed by atoms with Crippen molar-refractivity contribution in [3.05, 3.63) is 120 Å². The van der Waals surface area contributed by atoms with Crippen molar-refractivity contribution in [3.63, 3.8) is 0 Å². The van der Waals surface area contributed by atoms with E-state index in [0.29, 0.717) is 39.7 Å². The van der Waals surface area contributed by atoms with E-state index in [4.69, 9.17) is 0 Å². The summed E-state index contributed by atoms with van der Waals surface area (Å²) in [4.78, 5) is 40.8. The van der Waals surface area contributed by atoms with Crippen molar-refractivity contribution in [2.24, 2.45) is 25.6 Å². The minimum Gasteiger partial charge on any atom is -0.278 e. The molecule has 0 amide bonds. The lowest BCUT2D eigenvalue weighted by Crippen LogP contribution is -2.06. The highest BCUT2D eigenvalue weighted by Crippen LogP contribution is 2.30. The van der Waals surface area contributed by atoms with E-state index >= 15 is 0 Å². The van der Waals surface area contributed by atoms with Gasteiger partial charge in [-0.2, -0.15) is 5.10 Å². The van der Waals surface area contributed by atoms with E-state index in [2.05, 4.69) is 41.0 Å². The average molecular weight is 622 g/mol. The zero-order valence-electron chi connectivity index (χ0n) is 23.7. The van der Waals surface area contributed by atoms with Crippen molar-refractivity contribution >= 4 is 57.1 Å². The molecule has 0 unspecified atom stereocenters. The smallest absolute Gasteiger partial charge is 0.269 e. The van der Waals surface area contributed by atoms with Gasteiger partial charge in [0.25, 0.3) is 17.1 Å². The van der Waals surface area contributed by atoms with E-state index in [9.17, 15) is 30.3 Å². The highest BCUT2D eigenvalue weighted by Gasteiger charge is 2.23. The van der Waals surface area contributed by atoms with Crippen LogP contribution in [0.25, 0.3) is 11.3 Å². The normalized spacial score (nSPS) is 11.6. The molecule has 6 rings (SSSR count). The average Bonchev–Trinajstić information content (AvgIpc) is 3.63. The molecular formula is C27H19N13O6. The van der Waals surface area contributed by atoms with Crippen LogP contribution in [-0.4, -0.2) is 33.8 Å². The number of rotatable bonds is 9. The number of fused-ring (bicyclic) bond motifs is 3. The van der Waals surface area contributed by atoms with Crippen LogP contribution in [0, 0.1) is 44.2 Å². The van der Waals surface area contributed by atoms with E-state index in [1.54, 1.807) is 22.9 Å². The lowest BCUT2D eigenvalue weighted by Gasteiger charge is -1.99. The highest BCUT2D eigenvalue weighted by molar-refractivity contribution is 5.64. The molecule has 0 atom stereocenters. The molecule has 3 aromatic carbocycles. The van der Waals surface area contributed by atoms with E-state index in [-0.39, 0.29) is 34.1 Å². The van der Waals surface area contributed by atoms with Gasteiger partial charge in [-0.3, -0.25) is 35.8 Å². The van der Waals surface area contributed by atoms with Crippen LogP contribution in [0.5, 0.6) is 0 Å². The number of nitrogens with one attached hydrogen (secondary N) is 1. The molecule has 0 radical (unpaired) electrons. The number of anilines is 1. The van der Waals surface area contributed by atoms with Crippen LogP contribution in [0.1, 0.15) is 11.4 Å². The Hall–Kier alpha value is -7.05. The van der Waals surface area contributed by atoms with Crippen LogP contribution < -0.4 is 10.8 Å². The molecule has 0 aliphatic rings. The van der Waals surface area contributed by atoms with Gasteiger partial charge < -0.3 is 0 Å². The summed E-state index contributed by atoms with van der Waals surface area (Å²) in [5.74, 6) is 0.554. The van der Waals surface area contributed by atoms with Gasteiger partial charge in [-0.15, -0.1) is 20.5 Å². The summed E-state index contributed by atoms with van der Waals surface area (Å²) in [6.07, 6.45) is 0. The first-order chi connectivity index (χ1) is 22.1. The Morgan fingerprint density at radius 3 is 1.33 bits per heavy atom. The summed E-state index contributed by atoms with van der Waals surface area (Å²) in [5, 5.41) is 55.1. The Kier molecular flexibility index (Phi) is 7.30. The van der Waals surface area contributed by atoms with Gasteiger partial charge in [0.2, 0.25) is 0 Å². The van der Waals surface area contributed by atoms with Crippen LogP contribution in [-0.2, 0) is 0 Å². The Morgan fingerprint density at radius 1 is 0.587 bits per heavy atom. The lowest BCUT2D eigenvalue weighted by atomic mass is 10.3. The number of azo groups is 2. The largest absolute Gasteiger partial charge is 0.278 e. The van der Waals surface area contributed by atoms with Gasteiger partial charge in [0.05, 0.1) is 43.2 Å². The van der Waals surface area contributed by atoms with Gasteiger partial charge in [-0.05, 0) is 50.2 Å². The number of hydrogen-bond donors (Lipinski definition) is 1. The summed E-state index contributed by atoms with van der Waals surface area (Å²) < 4.78 is 3.17. The molecule has 0 fully saturated rings. The van der Waals surface area contributed by atoms with Crippen molar-refractivity contribution in [1.82, 2.24) is 19.0 Å². The SMILES string of the molecule is Cc1nc2c(=NNc3ccc([N+](=O)[O-])cc3)c3nc(C)c(N=Nc4ccc([N+](=O)[O-])cc4)n3n2c1N=Nc1ccc([N+](=O)[O-])cc1. The maximum Gasteiger partial charge on any atom is 0.269 e. The number of nitro benzene ring substituents is 3. The summed E-state index contributed by atoms with van der Waals surface area (Å²) in [5.41, 5.74) is 5.33. The van der Waals surface area contributed by atoms with Crippen molar-refractivity contribution < 1.29 is 14.8 Å². The molecule has 0 aliphatic heterocycles. The van der Waals surface area contributed by atoms with Gasteiger partial charge >= 0.3 is 0 Å². The summed E-state index contributed by atoms with van der Waals surface area (Å²) in [7, 11) is 0. The third-order valence-corrected chi connectivity index (χ3v) is 6.64. The van der Waals surface area contributed by atoms with Crippen LogP contribution in [0.4, 0.5) is 45.8 Å². The summed E-state index contributed by atoms with van der Waals surface area (Å²) in [6, 6.07) is 16.7. The molecule has 228 valence electrons. The van der Waals surface area contributed by atoms with Crippen molar-refractivity contribution in [3.8, 4) is 0 Å². The Labute approximate surface area is 255 Å². The first-order valence-corrected chi connectivity index (χ1v) is 13.2. The lowest BCUT2D eigenvalue weighted by molar-refractivity contribution is -0.385. The number of non-ortho nitro benzene ring substituents is 3. The Morgan fingerprint density at radius 2 is 0.957 bits per heavy atom. The van der Waals surface area contributed by atoms with E-state index in [1.807, 2.05) is 0 Å². The molecule has 0 saturated carbocycles. The maximum atomic E-state index is 11.0. The number of benzene rings is 3. The summed E-state index contributed by atoms with van der Waals surface area (Å²) in [6.45, 7) is 3.41. The van der Waals surface area contributed by atoms with Gasteiger partial charge in [0, 0.05) is 36.4 Å². The Balaban J connectivity index is 1.49. The molecule has 0 bridgehead atoms. The molecule has 46 heavy (non-hydrogen) atoms. The molecule has 0 saturated heterocycles. The number of nitro groups is 3. The number of nitrogens with zero attached hydrogens (tertiary/aromatic N) is 12. The first-order valence-electron chi connectivity index (χ1n) is 13.2. The molecule has 19 heteroatoms. The van der Waals surface area contributed by atoms with Crippen LogP contribution >= 0.6 is 0 Å². The minimum absolute atomic E-state index is 0.0811. The second-order valence-electron chi connectivity index (χ2n) is 9.64. The fourth-order valence-electron chi connectivity index (χ4n) is 4.40. The maximum absolute atomic E-state index is 11.0. The summed E-state index contributed by atoms with van der Waals surface area (Å²) >= 11 is 0. The fourth-order valence-corrected chi connectivity index (χ4v) is 4.40. The van der Waals surface area contributed by atoms with Gasteiger partial charge in [-0.1, -0.05) is 0 Å².